The van der Waals surface area contributed by atoms with Crippen LogP contribution in [0.1, 0.15) is 31.2 Å². The van der Waals surface area contributed by atoms with Gasteiger partial charge in [-0.1, -0.05) is 25.0 Å². The van der Waals surface area contributed by atoms with E-state index in [9.17, 15) is 13.2 Å². The van der Waals surface area contributed by atoms with Crippen molar-refractivity contribution in [3.05, 3.63) is 35.6 Å². The normalized spacial score (nSPS) is 22.2. The van der Waals surface area contributed by atoms with Gasteiger partial charge in [0.2, 0.25) is 0 Å². The molecule has 1 nitrogen and oxygen atoms in total. The highest BCUT2D eigenvalue weighted by atomic mass is 19.3. The molecular weight excluding hydrogens is 227 g/mol. The average Bonchev–Trinajstić information content (AvgIpc) is 2.58. The monoisotopic (exact) mass is 243 g/mol. The number of nitrogens with one attached hydrogen (secondary N) is 1. The lowest BCUT2D eigenvalue weighted by Crippen LogP contribution is -2.42. The minimum absolute atomic E-state index is 0.113. The second-order valence-electron chi connectivity index (χ2n) is 4.49. The summed E-state index contributed by atoms with van der Waals surface area (Å²) in [7, 11) is 0. The predicted octanol–water partition coefficient (Wildman–Crippen LogP) is 3.45. The molecule has 94 valence electrons. The molecule has 1 aromatic rings. The first-order valence-corrected chi connectivity index (χ1v) is 5.98. The lowest BCUT2D eigenvalue weighted by Gasteiger charge is -2.27. The number of alkyl halides is 2. The van der Waals surface area contributed by atoms with E-state index in [2.05, 4.69) is 5.32 Å². The van der Waals surface area contributed by atoms with Crippen molar-refractivity contribution in [1.29, 1.82) is 0 Å². The molecule has 0 aromatic heterocycles. The predicted molar refractivity (Wildman–Crippen MR) is 60.6 cm³/mol. The summed E-state index contributed by atoms with van der Waals surface area (Å²) in [6, 6.07) is 3.67. The van der Waals surface area contributed by atoms with Crippen LogP contribution in [0.4, 0.5) is 13.2 Å². The summed E-state index contributed by atoms with van der Waals surface area (Å²) >= 11 is 0. The Morgan fingerprint density at radius 2 is 1.76 bits per heavy atom. The Labute approximate surface area is 99.0 Å². The summed E-state index contributed by atoms with van der Waals surface area (Å²) in [5.74, 6) is -3.42. The zero-order valence-corrected chi connectivity index (χ0v) is 9.56. The van der Waals surface area contributed by atoms with Crippen LogP contribution in [-0.2, 0) is 5.92 Å². The van der Waals surface area contributed by atoms with E-state index in [-0.39, 0.29) is 5.56 Å². The fourth-order valence-corrected chi connectivity index (χ4v) is 2.21. The summed E-state index contributed by atoms with van der Waals surface area (Å²) in [5, 5.41) is 2.89. The van der Waals surface area contributed by atoms with E-state index in [4.69, 9.17) is 0 Å². The van der Waals surface area contributed by atoms with Crippen molar-refractivity contribution in [3.8, 4) is 0 Å². The van der Waals surface area contributed by atoms with Crippen molar-refractivity contribution in [1.82, 2.24) is 5.32 Å². The molecule has 1 fully saturated rings. The molecule has 1 saturated heterocycles. The van der Waals surface area contributed by atoms with Gasteiger partial charge in [0.05, 0.1) is 6.04 Å². The van der Waals surface area contributed by atoms with Crippen molar-refractivity contribution in [2.75, 3.05) is 6.54 Å². The number of halogens is 3. The van der Waals surface area contributed by atoms with E-state index in [0.29, 0.717) is 13.0 Å². The number of hydrogen-bond acceptors (Lipinski definition) is 1. The lowest BCUT2D eigenvalue weighted by atomic mass is 9.97. The molecule has 17 heavy (non-hydrogen) atoms. The van der Waals surface area contributed by atoms with Crippen LogP contribution in [0.2, 0.25) is 0 Å². The first-order chi connectivity index (χ1) is 8.10. The highest BCUT2D eigenvalue weighted by Gasteiger charge is 2.41. The standard InChI is InChI=1S/C13H16F3N/c14-11-7-5-10(6-8-11)13(15,16)12-4-2-1-3-9-17-12/h5-8,12,17H,1-4,9H2. The lowest BCUT2D eigenvalue weighted by molar-refractivity contribution is -0.0448. The van der Waals surface area contributed by atoms with Gasteiger partial charge in [-0.3, -0.25) is 0 Å². The SMILES string of the molecule is Fc1ccc(C(F)(F)C2CCCCCN2)cc1. The van der Waals surface area contributed by atoms with Crippen molar-refractivity contribution in [2.24, 2.45) is 0 Å². The molecule has 0 aliphatic carbocycles. The number of hydrogen-bond donors (Lipinski definition) is 1. The van der Waals surface area contributed by atoms with Crippen molar-refractivity contribution in [3.63, 3.8) is 0 Å². The second kappa shape index (κ2) is 5.08. The minimum Gasteiger partial charge on any atom is -0.308 e. The van der Waals surface area contributed by atoms with E-state index in [1.807, 2.05) is 0 Å². The van der Waals surface area contributed by atoms with Crippen LogP contribution in [0.15, 0.2) is 24.3 Å². The minimum atomic E-state index is -2.93. The van der Waals surface area contributed by atoms with Crippen LogP contribution in [0.5, 0.6) is 0 Å². The highest BCUT2D eigenvalue weighted by molar-refractivity contribution is 5.22. The Morgan fingerprint density at radius 1 is 1.06 bits per heavy atom. The smallest absolute Gasteiger partial charge is 0.288 e. The maximum absolute atomic E-state index is 14.2. The van der Waals surface area contributed by atoms with Gasteiger partial charge in [0.15, 0.2) is 0 Å². The van der Waals surface area contributed by atoms with E-state index < -0.39 is 17.8 Å². The van der Waals surface area contributed by atoms with Gasteiger partial charge in [-0.2, -0.15) is 8.78 Å². The molecule has 4 heteroatoms. The molecule has 0 radical (unpaired) electrons. The van der Waals surface area contributed by atoms with E-state index >= 15 is 0 Å². The number of benzene rings is 1. The van der Waals surface area contributed by atoms with Gasteiger partial charge in [0, 0.05) is 5.56 Å². The van der Waals surface area contributed by atoms with Crippen LogP contribution in [0, 0.1) is 5.82 Å². The zero-order chi connectivity index (χ0) is 12.3. The summed E-state index contributed by atoms with van der Waals surface area (Å²) < 4.78 is 41.1. The quantitative estimate of drug-likeness (QED) is 0.838. The van der Waals surface area contributed by atoms with Gasteiger partial charge in [-0.05, 0) is 31.5 Å². The molecule has 1 atom stereocenters. The van der Waals surface area contributed by atoms with Crippen LogP contribution >= 0.6 is 0 Å². The highest BCUT2D eigenvalue weighted by Crippen LogP contribution is 2.34. The molecule has 1 aliphatic heterocycles. The molecule has 1 aliphatic rings. The van der Waals surface area contributed by atoms with Gasteiger partial charge in [0.25, 0.3) is 5.92 Å². The molecule has 1 aromatic carbocycles. The molecular formula is C13H16F3N. The van der Waals surface area contributed by atoms with Gasteiger partial charge < -0.3 is 5.32 Å². The maximum atomic E-state index is 14.2. The fourth-order valence-electron chi connectivity index (χ4n) is 2.21. The van der Waals surface area contributed by atoms with Crippen LogP contribution in [0.3, 0.4) is 0 Å². The second-order valence-corrected chi connectivity index (χ2v) is 4.49. The molecule has 0 bridgehead atoms. The molecule has 0 amide bonds. The summed E-state index contributed by atoms with van der Waals surface area (Å²) in [6.45, 7) is 0.626. The topological polar surface area (TPSA) is 12.0 Å². The van der Waals surface area contributed by atoms with E-state index in [1.54, 1.807) is 0 Å². The van der Waals surface area contributed by atoms with Gasteiger partial charge in [-0.15, -0.1) is 0 Å². The molecule has 0 saturated carbocycles. The first kappa shape index (κ1) is 12.4. The molecule has 1 unspecified atom stereocenters. The Balaban J connectivity index is 2.18. The van der Waals surface area contributed by atoms with Crippen LogP contribution in [0.25, 0.3) is 0 Å². The van der Waals surface area contributed by atoms with E-state index in [0.717, 1.165) is 31.4 Å². The number of rotatable bonds is 2. The third-order valence-corrected chi connectivity index (χ3v) is 3.23. The molecule has 1 N–H and O–H groups in total. The summed E-state index contributed by atoms with van der Waals surface area (Å²) in [4.78, 5) is 0. The first-order valence-electron chi connectivity index (χ1n) is 5.98. The average molecular weight is 243 g/mol. The van der Waals surface area contributed by atoms with E-state index in [1.165, 1.54) is 12.1 Å². The van der Waals surface area contributed by atoms with Crippen LogP contribution in [-0.4, -0.2) is 12.6 Å². The van der Waals surface area contributed by atoms with Gasteiger partial charge >= 0.3 is 0 Å². The third-order valence-electron chi connectivity index (χ3n) is 3.23. The maximum Gasteiger partial charge on any atom is 0.288 e. The Morgan fingerprint density at radius 3 is 2.47 bits per heavy atom. The largest absolute Gasteiger partial charge is 0.308 e. The van der Waals surface area contributed by atoms with Crippen molar-refractivity contribution >= 4 is 0 Å². The van der Waals surface area contributed by atoms with Gasteiger partial charge in [0.1, 0.15) is 5.82 Å². The Bertz CT molecular complexity index is 353. The summed E-state index contributed by atoms with van der Waals surface area (Å²) in [5.41, 5.74) is -0.113. The summed E-state index contributed by atoms with van der Waals surface area (Å²) in [6.07, 6.45) is 3.21. The molecule has 1 heterocycles. The molecule has 2 rings (SSSR count). The Kier molecular flexibility index (Phi) is 3.72. The van der Waals surface area contributed by atoms with Gasteiger partial charge in [-0.25, -0.2) is 4.39 Å². The third kappa shape index (κ3) is 2.80. The van der Waals surface area contributed by atoms with Crippen molar-refractivity contribution < 1.29 is 13.2 Å². The molecule has 0 spiro atoms. The fraction of sp³-hybridized carbons (Fsp3) is 0.538. The zero-order valence-electron chi connectivity index (χ0n) is 9.56. The van der Waals surface area contributed by atoms with Crippen molar-refractivity contribution in [2.45, 2.75) is 37.6 Å². The van der Waals surface area contributed by atoms with Crippen LogP contribution < -0.4 is 5.32 Å². The Hall–Kier alpha value is -1.03.